The van der Waals surface area contributed by atoms with Crippen molar-refractivity contribution in [2.24, 2.45) is 0 Å². The molecule has 0 unspecified atom stereocenters. The van der Waals surface area contributed by atoms with E-state index in [-0.39, 0.29) is 18.0 Å². The molecule has 1 aromatic carbocycles. The molecular weight excluding hydrogens is 294 g/mol. The Bertz CT molecular complexity index is 683. The smallest absolute Gasteiger partial charge is 0.188 e. The second-order valence-corrected chi connectivity index (χ2v) is 4.60. The predicted octanol–water partition coefficient (Wildman–Crippen LogP) is 3.33. The normalized spacial score (nSPS) is 11.9. The standard InChI is InChI=1S/C16H13NO4.C2H6/c18-13(10-14(19)12-3-1-2-6-17-12)11-4-5-15-16(9-11)21-8-7-20-15;1-2/h1-6,9H,7-8,10H2;1-2H3. The fourth-order valence-corrected chi connectivity index (χ4v) is 2.08. The molecular formula is C18H19NO4. The number of ether oxygens (including phenoxy) is 2. The zero-order valence-electron chi connectivity index (χ0n) is 13.2. The highest BCUT2D eigenvalue weighted by Gasteiger charge is 2.18. The highest BCUT2D eigenvalue weighted by Crippen LogP contribution is 2.31. The fraction of sp³-hybridized carbons (Fsp3) is 0.278. The molecule has 0 saturated carbocycles. The maximum Gasteiger partial charge on any atom is 0.188 e. The summed E-state index contributed by atoms with van der Waals surface area (Å²) in [5.41, 5.74) is 0.729. The molecule has 0 amide bonds. The first-order valence-electron chi connectivity index (χ1n) is 7.61. The highest BCUT2D eigenvalue weighted by molar-refractivity contribution is 6.13. The number of fused-ring (bicyclic) bond motifs is 1. The lowest BCUT2D eigenvalue weighted by Crippen LogP contribution is -2.16. The molecule has 2 aromatic rings. The molecule has 120 valence electrons. The van der Waals surface area contributed by atoms with Gasteiger partial charge in [0.15, 0.2) is 23.1 Å². The Morgan fingerprint density at radius 3 is 2.43 bits per heavy atom. The van der Waals surface area contributed by atoms with Gasteiger partial charge in [0, 0.05) is 11.8 Å². The Kier molecular flexibility index (Phi) is 5.86. The summed E-state index contributed by atoms with van der Waals surface area (Å²) >= 11 is 0. The lowest BCUT2D eigenvalue weighted by Gasteiger charge is -2.18. The molecule has 1 aliphatic heterocycles. The molecule has 0 fully saturated rings. The highest BCUT2D eigenvalue weighted by atomic mass is 16.6. The van der Waals surface area contributed by atoms with E-state index in [4.69, 9.17) is 9.47 Å². The largest absolute Gasteiger partial charge is 0.486 e. The third kappa shape index (κ3) is 4.16. The molecule has 0 N–H and O–H groups in total. The van der Waals surface area contributed by atoms with Crippen LogP contribution >= 0.6 is 0 Å². The van der Waals surface area contributed by atoms with E-state index in [1.54, 1.807) is 36.4 Å². The van der Waals surface area contributed by atoms with Crippen molar-refractivity contribution in [1.29, 1.82) is 0 Å². The van der Waals surface area contributed by atoms with Gasteiger partial charge in [0.05, 0.1) is 6.42 Å². The van der Waals surface area contributed by atoms with Crippen molar-refractivity contribution in [3.8, 4) is 11.5 Å². The summed E-state index contributed by atoms with van der Waals surface area (Å²) in [7, 11) is 0. The third-order valence-electron chi connectivity index (χ3n) is 3.14. The number of aromatic nitrogens is 1. The number of hydrogen-bond donors (Lipinski definition) is 0. The van der Waals surface area contributed by atoms with E-state index in [1.165, 1.54) is 6.20 Å². The maximum atomic E-state index is 12.2. The zero-order chi connectivity index (χ0) is 16.7. The molecule has 5 heteroatoms. The van der Waals surface area contributed by atoms with E-state index in [0.717, 1.165) is 0 Å². The summed E-state index contributed by atoms with van der Waals surface area (Å²) in [6, 6.07) is 9.98. The first-order valence-corrected chi connectivity index (χ1v) is 7.61. The number of Topliss-reactive ketones (excluding diaryl/α,β-unsaturated/α-hetero) is 2. The van der Waals surface area contributed by atoms with Crippen LogP contribution in [0, 0.1) is 0 Å². The topological polar surface area (TPSA) is 65.5 Å². The lowest BCUT2D eigenvalue weighted by molar-refractivity contribution is 0.0891. The Morgan fingerprint density at radius 1 is 1.00 bits per heavy atom. The Hall–Kier alpha value is -2.69. The summed E-state index contributed by atoms with van der Waals surface area (Å²) in [5.74, 6) is 0.601. The summed E-state index contributed by atoms with van der Waals surface area (Å²) in [4.78, 5) is 28.1. The third-order valence-corrected chi connectivity index (χ3v) is 3.14. The Morgan fingerprint density at radius 2 is 1.74 bits per heavy atom. The SMILES string of the molecule is CC.O=C(CC(=O)c1ccccn1)c1ccc2c(c1)OCCO2. The number of benzene rings is 1. The summed E-state index contributed by atoms with van der Waals surface area (Å²) in [6.45, 7) is 4.95. The van der Waals surface area contributed by atoms with Gasteiger partial charge in [-0.15, -0.1) is 0 Å². The molecule has 0 spiro atoms. The van der Waals surface area contributed by atoms with Crippen molar-refractivity contribution < 1.29 is 19.1 Å². The molecule has 23 heavy (non-hydrogen) atoms. The molecule has 0 aliphatic carbocycles. The van der Waals surface area contributed by atoms with Crippen LogP contribution in [0.5, 0.6) is 11.5 Å². The first-order chi connectivity index (χ1) is 11.2. The number of pyridine rings is 1. The van der Waals surface area contributed by atoms with Gasteiger partial charge in [-0.2, -0.15) is 0 Å². The van der Waals surface area contributed by atoms with E-state index in [2.05, 4.69) is 4.98 Å². The van der Waals surface area contributed by atoms with Crippen LogP contribution in [0.4, 0.5) is 0 Å². The van der Waals surface area contributed by atoms with E-state index >= 15 is 0 Å². The van der Waals surface area contributed by atoms with Gasteiger partial charge in [-0.3, -0.25) is 14.6 Å². The number of carbonyl (C=O) groups excluding carboxylic acids is 2. The van der Waals surface area contributed by atoms with Gasteiger partial charge in [-0.1, -0.05) is 19.9 Å². The lowest BCUT2D eigenvalue weighted by atomic mass is 10.0. The van der Waals surface area contributed by atoms with Crippen LogP contribution in [0.2, 0.25) is 0 Å². The monoisotopic (exact) mass is 313 g/mol. The number of rotatable bonds is 4. The predicted molar refractivity (Wildman–Crippen MR) is 86.3 cm³/mol. The maximum absolute atomic E-state index is 12.2. The molecule has 1 aromatic heterocycles. The molecule has 2 heterocycles. The second-order valence-electron chi connectivity index (χ2n) is 4.60. The van der Waals surface area contributed by atoms with Crippen molar-refractivity contribution in [2.45, 2.75) is 20.3 Å². The van der Waals surface area contributed by atoms with Crippen LogP contribution in [0.3, 0.4) is 0 Å². The fourth-order valence-electron chi connectivity index (χ4n) is 2.08. The van der Waals surface area contributed by atoms with Gasteiger partial charge in [0.1, 0.15) is 18.9 Å². The summed E-state index contributed by atoms with van der Waals surface area (Å²) in [5, 5.41) is 0. The molecule has 3 rings (SSSR count). The van der Waals surface area contributed by atoms with Crippen LogP contribution in [-0.4, -0.2) is 29.8 Å². The van der Waals surface area contributed by atoms with Crippen LogP contribution in [-0.2, 0) is 0 Å². The van der Waals surface area contributed by atoms with Gasteiger partial charge in [-0.05, 0) is 30.3 Å². The number of hydrogen-bond acceptors (Lipinski definition) is 5. The van der Waals surface area contributed by atoms with Crippen LogP contribution in [0.15, 0.2) is 42.6 Å². The molecule has 0 atom stereocenters. The Labute approximate surface area is 135 Å². The summed E-state index contributed by atoms with van der Waals surface area (Å²) in [6.07, 6.45) is 1.32. The van der Waals surface area contributed by atoms with Crippen LogP contribution in [0.1, 0.15) is 41.1 Å². The van der Waals surface area contributed by atoms with Crippen molar-refractivity contribution >= 4 is 11.6 Å². The first kappa shape index (κ1) is 16.7. The number of carbonyl (C=O) groups is 2. The molecule has 0 radical (unpaired) electrons. The van der Waals surface area contributed by atoms with E-state index < -0.39 is 0 Å². The van der Waals surface area contributed by atoms with Gasteiger partial charge in [0.2, 0.25) is 0 Å². The van der Waals surface area contributed by atoms with Crippen LogP contribution < -0.4 is 9.47 Å². The average Bonchev–Trinajstić information content (AvgIpc) is 2.63. The second kappa shape index (κ2) is 8.08. The van der Waals surface area contributed by atoms with Crippen LogP contribution in [0.25, 0.3) is 0 Å². The van der Waals surface area contributed by atoms with Gasteiger partial charge in [-0.25, -0.2) is 0 Å². The number of ketones is 2. The summed E-state index contributed by atoms with van der Waals surface area (Å²) < 4.78 is 10.8. The minimum atomic E-state index is -0.296. The molecule has 5 nitrogen and oxygen atoms in total. The van der Waals surface area contributed by atoms with E-state index in [9.17, 15) is 9.59 Å². The quantitative estimate of drug-likeness (QED) is 0.640. The molecule has 0 bridgehead atoms. The molecule has 0 saturated heterocycles. The zero-order valence-corrected chi connectivity index (χ0v) is 13.2. The molecule has 1 aliphatic rings. The van der Waals surface area contributed by atoms with Gasteiger partial charge in [0.25, 0.3) is 0 Å². The van der Waals surface area contributed by atoms with Crippen molar-refractivity contribution in [2.75, 3.05) is 13.2 Å². The van der Waals surface area contributed by atoms with E-state index in [1.807, 2.05) is 13.8 Å². The van der Waals surface area contributed by atoms with Crippen molar-refractivity contribution in [3.05, 3.63) is 53.9 Å². The average molecular weight is 313 g/mol. The Balaban J connectivity index is 0.000000924. The van der Waals surface area contributed by atoms with E-state index in [0.29, 0.717) is 36.0 Å². The van der Waals surface area contributed by atoms with Gasteiger partial charge >= 0.3 is 0 Å². The minimum Gasteiger partial charge on any atom is -0.486 e. The minimum absolute atomic E-state index is 0.212. The van der Waals surface area contributed by atoms with Gasteiger partial charge < -0.3 is 9.47 Å². The number of nitrogens with zero attached hydrogens (tertiary/aromatic N) is 1. The van der Waals surface area contributed by atoms with Crippen molar-refractivity contribution in [1.82, 2.24) is 4.98 Å². The van der Waals surface area contributed by atoms with Crippen molar-refractivity contribution in [3.63, 3.8) is 0 Å².